The quantitative estimate of drug-likeness (QED) is 0.895. The molecule has 1 saturated heterocycles. The van der Waals surface area contributed by atoms with Crippen molar-refractivity contribution in [2.75, 3.05) is 30.8 Å². The Morgan fingerprint density at radius 2 is 2.14 bits per heavy atom. The van der Waals surface area contributed by atoms with Crippen molar-refractivity contribution in [2.24, 2.45) is 0 Å². The molecule has 1 atom stereocenters. The fraction of sp³-hybridized carbons (Fsp3) is 0.400. The second-order valence-corrected chi connectivity index (χ2v) is 5.19. The van der Waals surface area contributed by atoms with Crippen molar-refractivity contribution in [1.29, 1.82) is 0 Å². The first-order valence-corrected chi connectivity index (χ1v) is 7.21. The van der Waals surface area contributed by atoms with Crippen molar-refractivity contribution >= 4 is 28.6 Å². The Balaban J connectivity index is 1.98. The number of amides is 1. The minimum Gasteiger partial charge on any atom is -0.358 e. The average molecular weight is 285 g/mol. The zero-order valence-electron chi connectivity index (χ0n) is 12.3. The number of likely N-dealkylation sites (N-methyl/N-ethyl adjacent to an activating group) is 1. The summed E-state index contributed by atoms with van der Waals surface area (Å²) in [4.78, 5) is 22.8. The molecular weight excluding hydrogens is 266 g/mol. The lowest BCUT2D eigenvalue weighted by Crippen LogP contribution is -2.31. The molecule has 0 bridgehead atoms. The topological polar surface area (TPSA) is 70.2 Å². The fourth-order valence-electron chi connectivity index (χ4n) is 2.55. The molecule has 110 valence electrons. The van der Waals surface area contributed by atoms with Crippen molar-refractivity contribution < 1.29 is 4.79 Å². The van der Waals surface area contributed by atoms with E-state index >= 15 is 0 Å². The Hall–Kier alpha value is -2.37. The largest absolute Gasteiger partial charge is 0.358 e. The number of para-hydroxylation sites is 1. The zero-order valence-corrected chi connectivity index (χ0v) is 12.3. The van der Waals surface area contributed by atoms with Gasteiger partial charge in [0.05, 0.1) is 5.52 Å². The molecule has 1 unspecified atom stereocenters. The molecule has 2 heterocycles. The van der Waals surface area contributed by atoms with Crippen molar-refractivity contribution in [3.8, 4) is 0 Å². The van der Waals surface area contributed by atoms with Gasteiger partial charge in [-0.1, -0.05) is 12.1 Å². The molecule has 2 aromatic rings. The van der Waals surface area contributed by atoms with Gasteiger partial charge in [-0.15, -0.1) is 0 Å². The molecule has 0 radical (unpaired) electrons. The van der Waals surface area contributed by atoms with E-state index in [2.05, 4.69) is 20.6 Å². The number of likely N-dealkylation sites (tertiary alicyclic amines) is 1. The molecule has 21 heavy (non-hydrogen) atoms. The van der Waals surface area contributed by atoms with E-state index in [0.717, 1.165) is 30.4 Å². The second kappa shape index (κ2) is 5.55. The highest BCUT2D eigenvalue weighted by Gasteiger charge is 2.29. The number of carbonyl (C=O) groups excluding carboxylic acids is 1. The SMILES string of the molecule is CCNc1nc(NC2CCN(C)C2=O)c2ccccc2n1. The van der Waals surface area contributed by atoms with Crippen LogP contribution in [-0.2, 0) is 4.79 Å². The van der Waals surface area contributed by atoms with Crippen molar-refractivity contribution in [2.45, 2.75) is 19.4 Å². The van der Waals surface area contributed by atoms with Crippen LogP contribution in [0.3, 0.4) is 0 Å². The molecule has 1 amide bonds. The Morgan fingerprint density at radius 1 is 1.33 bits per heavy atom. The van der Waals surface area contributed by atoms with E-state index in [0.29, 0.717) is 11.8 Å². The minimum absolute atomic E-state index is 0.114. The van der Waals surface area contributed by atoms with Crippen molar-refractivity contribution in [1.82, 2.24) is 14.9 Å². The third-order valence-electron chi connectivity index (χ3n) is 3.68. The van der Waals surface area contributed by atoms with Crippen LogP contribution in [0.5, 0.6) is 0 Å². The summed E-state index contributed by atoms with van der Waals surface area (Å²) in [5, 5.41) is 7.34. The van der Waals surface area contributed by atoms with Crippen LogP contribution in [0.4, 0.5) is 11.8 Å². The maximum absolute atomic E-state index is 12.1. The number of nitrogens with zero attached hydrogens (tertiary/aromatic N) is 3. The number of benzene rings is 1. The standard InChI is InChI=1S/C15H19N5O/c1-3-16-15-18-11-7-5-4-6-10(11)13(19-15)17-12-8-9-20(2)14(12)21/h4-7,12H,3,8-9H2,1-2H3,(H2,16,17,18,19). The van der Waals surface area contributed by atoms with Gasteiger partial charge in [0.1, 0.15) is 11.9 Å². The van der Waals surface area contributed by atoms with E-state index in [-0.39, 0.29) is 11.9 Å². The molecule has 1 fully saturated rings. The van der Waals surface area contributed by atoms with E-state index in [4.69, 9.17) is 0 Å². The van der Waals surface area contributed by atoms with Crippen LogP contribution in [-0.4, -0.2) is 47.0 Å². The molecule has 0 spiro atoms. The van der Waals surface area contributed by atoms with Crippen LogP contribution in [0.15, 0.2) is 24.3 Å². The monoisotopic (exact) mass is 285 g/mol. The average Bonchev–Trinajstić information content (AvgIpc) is 2.80. The normalized spacial score (nSPS) is 18.3. The fourth-order valence-corrected chi connectivity index (χ4v) is 2.55. The molecular formula is C15H19N5O. The van der Waals surface area contributed by atoms with Gasteiger partial charge < -0.3 is 15.5 Å². The van der Waals surface area contributed by atoms with Crippen LogP contribution in [0, 0.1) is 0 Å². The number of nitrogens with one attached hydrogen (secondary N) is 2. The number of aromatic nitrogens is 2. The summed E-state index contributed by atoms with van der Waals surface area (Å²) >= 11 is 0. The molecule has 0 aliphatic carbocycles. The van der Waals surface area contributed by atoms with Gasteiger partial charge in [-0.2, -0.15) is 4.98 Å². The van der Waals surface area contributed by atoms with E-state index in [1.807, 2.05) is 38.2 Å². The summed E-state index contributed by atoms with van der Waals surface area (Å²) in [5.74, 6) is 1.41. The molecule has 1 aromatic carbocycles. The lowest BCUT2D eigenvalue weighted by molar-refractivity contribution is -0.127. The van der Waals surface area contributed by atoms with E-state index < -0.39 is 0 Å². The summed E-state index contributed by atoms with van der Waals surface area (Å²) in [5.41, 5.74) is 0.866. The van der Waals surface area contributed by atoms with E-state index in [1.54, 1.807) is 4.90 Å². The van der Waals surface area contributed by atoms with Gasteiger partial charge in [-0.3, -0.25) is 4.79 Å². The van der Waals surface area contributed by atoms with Crippen molar-refractivity contribution in [3.05, 3.63) is 24.3 Å². The Morgan fingerprint density at radius 3 is 2.86 bits per heavy atom. The highest BCUT2D eigenvalue weighted by molar-refractivity contribution is 5.93. The van der Waals surface area contributed by atoms with Crippen LogP contribution in [0.2, 0.25) is 0 Å². The summed E-state index contributed by atoms with van der Waals surface area (Å²) in [6.45, 7) is 3.53. The van der Waals surface area contributed by atoms with Gasteiger partial charge >= 0.3 is 0 Å². The maximum atomic E-state index is 12.1. The Labute approximate surface area is 123 Å². The zero-order chi connectivity index (χ0) is 14.8. The number of rotatable bonds is 4. The molecule has 1 aliphatic heterocycles. The first-order chi connectivity index (χ1) is 10.2. The minimum atomic E-state index is -0.206. The van der Waals surface area contributed by atoms with Gasteiger partial charge in [0.15, 0.2) is 0 Å². The third kappa shape index (κ3) is 2.61. The lowest BCUT2D eigenvalue weighted by Gasteiger charge is -2.15. The maximum Gasteiger partial charge on any atom is 0.244 e. The van der Waals surface area contributed by atoms with Crippen LogP contribution in [0.25, 0.3) is 10.9 Å². The number of anilines is 2. The number of carbonyl (C=O) groups is 1. The van der Waals surface area contributed by atoms with E-state index in [1.165, 1.54) is 0 Å². The number of hydrogen-bond acceptors (Lipinski definition) is 5. The van der Waals surface area contributed by atoms with Crippen LogP contribution < -0.4 is 10.6 Å². The summed E-state index contributed by atoms with van der Waals surface area (Å²) in [6, 6.07) is 7.61. The van der Waals surface area contributed by atoms with Gasteiger partial charge in [-0.05, 0) is 25.5 Å². The predicted octanol–water partition coefficient (Wildman–Crippen LogP) is 1.70. The predicted molar refractivity (Wildman–Crippen MR) is 83.4 cm³/mol. The molecule has 1 aliphatic rings. The molecule has 0 saturated carbocycles. The summed E-state index contributed by atoms with van der Waals surface area (Å²) in [6.07, 6.45) is 0.796. The summed E-state index contributed by atoms with van der Waals surface area (Å²) in [7, 11) is 1.83. The Bertz CT molecular complexity index is 672. The number of fused-ring (bicyclic) bond motifs is 1. The molecule has 2 N–H and O–H groups in total. The lowest BCUT2D eigenvalue weighted by atomic mass is 10.2. The van der Waals surface area contributed by atoms with Gasteiger partial charge in [-0.25, -0.2) is 4.98 Å². The second-order valence-electron chi connectivity index (χ2n) is 5.19. The number of hydrogen-bond donors (Lipinski definition) is 2. The highest BCUT2D eigenvalue weighted by atomic mass is 16.2. The van der Waals surface area contributed by atoms with Crippen LogP contribution >= 0.6 is 0 Å². The highest BCUT2D eigenvalue weighted by Crippen LogP contribution is 2.24. The summed E-state index contributed by atoms with van der Waals surface area (Å²) < 4.78 is 0. The van der Waals surface area contributed by atoms with E-state index in [9.17, 15) is 4.79 Å². The van der Waals surface area contributed by atoms with Gasteiger partial charge in [0.2, 0.25) is 11.9 Å². The molecule has 6 nitrogen and oxygen atoms in total. The van der Waals surface area contributed by atoms with Crippen LogP contribution in [0.1, 0.15) is 13.3 Å². The molecule has 3 rings (SSSR count). The first-order valence-electron chi connectivity index (χ1n) is 7.21. The molecule has 6 heteroatoms. The van der Waals surface area contributed by atoms with Gasteiger partial charge in [0.25, 0.3) is 0 Å². The first kappa shape index (κ1) is 13.6. The Kier molecular flexibility index (Phi) is 3.60. The smallest absolute Gasteiger partial charge is 0.244 e. The third-order valence-corrected chi connectivity index (χ3v) is 3.68. The van der Waals surface area contributed by atoms with Gasteiger partial charge in [0, 0.05) is 25.5 Å². The van der Waals surface area contributed by atoms with Crippen molar-refractivity contribution in [3.63, 3.8) is 0 Å². The molecule has 1 aromatic heterocycles.